The maximum atomic E-state index is 13.3. The van der Waals surface area contributed by atoms with Gasteiger partial charge in [-0.05, 0) is 61.6 Å². The highest BCUT2D eigenvalue weighted by Crippen LogP contribution is 2.41. The fourth-order valence-electron chi connectivity index (χ4n) is 5.44. The van der Waals surface area contributed by atoms with Crippen LogP contribution in [0.4, 0.5) is 0 Å². The second-order valence-electron chi connectivity index (χ2n) is 9.59. The van der Waals surface area contributed by atoms with E-state index in [2.05, 4.69) is 12.1 Å². The predicted octanol–water partition coefficient (Wildman–Crippen LogP) is 5.27. The third kappa shape index (κ3) is 5.47. The second kappa shape index (κ2) is 10.1. The van der Waals surface area contributed by atoms with Gasteiger partial charge in [0, 0.05) is 24.1 Å². The number of nitrogens with zero attached hydrogens (tertiary/aromatic N) is 2. The average Bonchev–Trinajstić information content (AvgIpc) is 3.02. The minimum Gasteiger partial charge on any atom is -0.369 e. The molecule has 6 heteroatoms. The summed E-state index contributed by atoms with van der Waals surface area (Å²) < 4.78 is 0. The first kappa shape index (κ1) is 23.5. The van der Waals surface area contributed by atoms with Crippen molar-refractivity contribution in [3.05, 3.63) is 70.7 Å². The van der Waals surface area contributed by atoms with Crippen molar-refractivity contribution in [2.45, 2.75) is 56.9 Å². The third-order valence-electron chi connectivity index (χ3n) is 7.18. The molecule has 0 bridgehead atoms. The van der Waals surface area contributed by atoms with Gasteiger partial charge in [-0.25, -0.2) is 4.99 Å². The van der Waals surface area contributed by atoms with E-state index >= 15 is 0 Å². The number of carbonyl (C=O) groups is 2. The van der Waals surface area contributed by atoms with Gasteiger partial charge in [-0.3, -0.25) is 14.5 Å². The molecule has 1 saturated carbocycles. The molecule has 174 valence electrons. The number of hydrogen-bond donors (Lipinski definition) is 1. The molecular weight excluding hydrogens is 434 g/mol. The van der Waals surface area contributed by atoms with Crippen LogP contribution in [0.3, 0.4) is 0 Å². The van der Waals surface area contributed by atoms with Crippen LogP contribution in [0.25, 0.3) is 0 Å². The van der Waals surface area contributed by atoms with Crippen molar-refractivity contribution >= 4 is 29.3 Å². The summed E-state index contributed by atoms with van der Waals surface area (Å²) in [4.78, 5) is 32.3. The summed E-state index contributed by atoms with van der Waals surface area (Å²) in [7, 11) is 1.71. The van der Waals surface area contributed by atoms with E-state index in [4.69, 9.17) is 22.3 Å². The number of likely N-dealkylation sites (N-methyl/N-ethyl adjacent to an activating group) is 1. The van der Waals surface area contributed by atoms with Crippen LogP contribution in [0, 0.1) is 11.8 Å². The Morgan fingerprint density at radius 2 is 1.91 bits per heavy atom. The number of carbonyl (C=O) groups excluding carboxylic acids is 2. The molecule has 0 spiro atoms. The van der Waals surface area contributed by atoms with Crippen LogP contribution in [0.2, 0.25) is 5.02 Å². The van der Waals surface area contributed by atoms with Crippen LogP contribution in [-0.4, -0.2) is 35.1 Å². The topological polar surface area (TPSA) is 75.8 Å². The van der Waals surface area contributed by atoms with Gasteiger partial charge in [0.05, 0.1) is 0 Å². The SMILES string of the molecule is CN1C(=O)[C@@](CCc2ccccc2)(C[C@H]2CCC[C@@H](CC(=O)c3cccc(Cl)c3)C2)N=C1N. The number of ketones is 1. The molecule has 0 unspecified atom stereocenters. The molecule has 2 N–H and O–H groups in total. The molecule has 2 aromatic rings. The lowest BCUT2D eigenvalue weighted by atomic mass is 9.72. The summed E-state index contributed by atoms with van der Waals surface area (Å²) in [5.41, 5.74) is 7.15. The number of aryl methyl sites for hydroxylation is 1. The normalized spacial score (nSPS) is 25.2. The zero-order valence-electron chi connectivity index (χ0n) is 19.2. The number of hydrogen-bond acceptors (Lipinski definition) is 4. The van der Waals surface area contributed by atoms with Gasteiger partial charge in [0.1, 0.15) is 5.54 Å². The van der Waals surface area contributed by atoms with Gasteiger partial charge in [0.2, 0.25) is 0 Å². The first-order chi connectivity index (χ1) is 15.9. The predicted molar refractivity (Wildman–Crippen MR) is 132 cm³/mol. The van der Waals surface area contributed by atoms with E-state index in [0.717, 1.165) is 32.1 Å². The fraction of sp³-hybridized carbons (Fsp3) is 0.444. The number of benzene rings is 2. The molecule has 0 aromatic heterocycles. The van der Waals surface area contributed by atoms with Gasteiger partial charge in [-0.1, -0.05) is 66.9 Å². The fourth-order valence-corrected chi connectivity index (χ4v) is 5.63. The van der Waals surface area contributed by atoms with Crippen LogP contribution in [0.15, 0.2) is 59.6 Å². The maximum Gasteiger partial charge on any atom is 0.257 e. The summed E-state index contributed by atoms with van der Waals surface area (Å²) in [5.74, 6) is 1.10. The molecule has 1 amide bonds. The molecule has 3 atom stereocenters. The molecule has 0 radical (unpaired) electrons. The van der Waals surface area contributed by atoms with E-state index in [-0.39, 0.29) is 11.7 Å². The van der Waals surface area contributed by atoms with Crippen molar-refractivity contribution < 1.29 is 9.59 Å². The first-order valence-electron chi connectivity index (χ1n) is 11.8. The van der Waals surface area contributed by atoms with Crippen LogP contribution in [-0.2, 0) is 11.2 Å². The second-order valence-corrected chi connectivity index (χ2v) is 10.0. The lowest BCUT2D eigenvalue weighted by Gasteiger charge is -2.34. The average molecular weight is 466 g/mol. The van der Waals surface area contributed by atoms with E-state index in [1.165, 1.54) is 10.5 Å². The minimum atomic E-state index is -0.807. The molecular formula is C27H32ClN3O2. The first-order valence-corrected chi connectivity index (χ1v) is 12.2. The number of aliphatic imine (C=N–C) groups is 1. The van der Waals surface area contributed by atoms with Crippen molar-refractivity contribution in [2.75, 3.05) is 7.05 Å². The number of amides is 1. The summed E-state index contributed by atoms with van der Waals surface area (Å²) in [6, 6.07) is 17.4. The zero-order valence-corrected chi connectivity index (χ0v) is 19.9. The van der Waals surface area contributed by atoms with Gasteiger partial charge >= 0.3 is 0 Å². The van der Waals surface area contributed by atoms with Gasteiger partial charge in [0.25, 0.3) is 5.91 Å². The standard InChI is InChI=1S/C27H32ClN3O2/c1-31-25(33)27(30-26(31)29,14-13-19-7-3-2-4-8-19)18-21-10-5-9-20(15-21)16-24(32)22-11-6-12-23(28)17-22/h2-4,6-8,11-12,17,20-21H,5,9-10,13-16,18H2,1H3,(H2,29,30)/t20-,21+,27-/m1/s1. The van der Waals surface area contributed by atoms with Crippen molar-refractivity contribution in [3.63, 3.8) is 0 Å². The van der Waals surface area contributed by atoms with Crippen molar-refractivity contribution in [1.82, 2.24) is 4.90 Å². The Hall–Kier alpha value is -2.66. The molecule has 1 heterocycles. The van der Waals surface area contributed by atoms with Crippen LogP contribution in [0.5, 0.6) is 0 Å². The molecule has 1 fully saturated rings. The van der Waals surface area contributed by atoms with Gasteiger partial charge in [0.15, 0.2) is 11.7 Å². The molecule has 1 aliphatic heterocycles. The van der Waals surface area contributed by atoms with E-state index in [0.29, 0.717) is 47.6 Å². The molecule has 4 rings (SSSR count). The van der Waals surface area contributed by atoms with Crippen molar-refractivity contribution in [1.29, 1.82) is 0 Å². The monoisotopic (exact) mass is 465 g/mol. The number of rotatable bonds is 8. The van der Waals surface area contributed by atoms with Crippen molar-refractivity contribution in [3.8, 4) is 0 Å². The van der Waals surface area contributed by atoms with Crippen molar-refractivity contribution in [2.24, 2.45) is 22.6 Å². The number of Topliss-reactive ketones (excluding diaryl/α,β-unsaturated/α-hetero) is 1. The smallest absolute Gasteiger partial charge is 0.257 e. The van der Waals surface area contributed by atoms with Gasteiger partial charge < -0.3 is 5.73 Å². The van der Waals surface area contributed by atoms with Crippen LogP contribution >= 0.6 is 11.6 Å². The van der Waals surface area contributed by atoms with E-state index in [1.807, 2.05) is 30.3 Å². The number of halogens is 1. The van der Waals surface area contributed by atoms with E-state index < -0.39 is 5.54 Å². The third-order valence-corrected chi connectivity index (χ3v) is 7.42. The van der Waals surface area contributed by atoms with E-state index in [9.17, 15) is 9.59 Å². The summed E-state index contributed by atoms with van der Waals surface area (Å²) in [6.45, 7) is 0. The zero-order chi connectivity index (χ0) is 23.4. The van der Waals surface area contributed by atoms with Crippen LogP contribution < -0.4 is 5.73 Å². The molecule has 5 nitrogen and oxygen atoms in total. The lowest BCUT2D eigenvalue weighted by molar-refractivity contribution is -0.131. The Bertz CT molecular complexity index is 1040. The number of guanidine groups is 1. The molecule has 33 heavy (non-hydrogen) atoms. The Morgan fingerprint density at radius 3 is 2.61 bits per heavy atom. The molecule has 1 aliphatic carbocycles. The maximum absolute atomic E-state index is 13.3. The lowest BCUT2D eigenvalue weighted by Crippen LogP contribution is -2.44. The highest BCUT2D eigenvalue weighted by atomic mass is 35.5. The quantitative estimate of drug-likeness (QED) is 0.539. The van der Waals surface area contributed by atoms with Gasteiger partial charge in [-0.15, -0.1) is 0 Å². The van der Waals surface area contributed by atoms with E-state index in [1.54, 1.807) is 19.2 Å². The highest BCUT2D eigenvalue weighted by Gasteiger charge is 2.47. The molecule has 2 aliphatic rings. The molecule has 2 aromatic carbocycles. The Balaban J connectivity index is 1.44. The summed E-state index contributed by atoms with van der Waals surface area (Å²) in [6.07, 6.45) is 6.73. The Kier molecular flexibility index (Phi) is 7.18. The van der Waals surface area contributed by atoms with Gasteiger partial charge in [-0.2, -0.15) is 0 Å². The highest BCUT2D eigenvalue weighted by molar-refractivity contribution is 6.31. The van der Waals surface area contributed by atoms with Crippen LogP contribution in [0.1, 0.15) is 60.9 Å². The minimum absolute atomic E-state index is 0.00643. The summed E-state index contributed by atoms with van der Waals surface area (Å²) in [5, 5.41) is 0.585. The Labute approximate surface area is 201 Å². The molecule has 0 saturated heterocycles. The Morgan fingerprint density at radius 1 is 1.15 bits per heavy atom. The largest absolute Gasteiger partial charge is 0.369 e. The number of nitrogens with two attached hydrogens (primary N) is 1. The summed E-state index contributed by atoms with van der Waals surface area (Å²) >= 11 is 6.07.